The zero-order valence-electron chi connectivity index (χ0n) is 20.1. The van der Waals surface area contributed by atoms with E-state index in [1.165, 1.54) is 40.3 Å². The van der Waals surface area contributed by atoms with Gasteiger partial charge in [-0.15, -0.1) is 0 Å². The summed E-state index contributed by atoms with van der Waals surface area (Å²) in [6.07, 6.45) is 6.05. The number of ether oxygens (including phenoxy) is 1. The normalized spacial score (nSPS) is 17.1. The molecule has 192 valence electrons. The summed E-state index contributed by atoms with van der Waals surface area (Å²) in [5.41, 5.74) is 1.15. The summed E-state index contributed by atoms with van der Waals surface area (Å²) < 4.78 is 34.0. The molecule has 2 fully saturated rings. The molecule has 36 heavy (non-hydrogen) atoms. The lowest BCUT2D eigenvalue weighted by Crippen LogP contribution is -2.40. The molecule has 11 nitrogen and oxygen atoms in total. The van der Waals surface area contributed by atoms with Crippen molar-refractivity contribution in [2.75, 3.05) is 57.1 Å². The van der Waals surface area contributed by atoms with Crippen LogP contribution in [0.2, 0.25) is 0 Å². The Bertz CT molecular complexity index is 1330. The van der Waals surface area contributed by atoms with Crippen LogP contribution in [0.1, 0.15) is 23.2 Å². The van der Waals surface area contributed by atoms with Crippen LogP contribution in [0.3, 0.4) is 0 Å². The second-order valence-corrected chi connectivity index (χ2v) is 11.3. The summed E-state index contributed by atoms with van der Waals surface area (Å²) in [5.74, 6) is 0.642. The van der Waals surface area contributed by atoms with Crippen molar-refractivity contribution in [2.45, 2.75) is 29.4 Å². The van der Waals surface area contributed by atoms with E-state index in [1.807, 2.05) is 6.26 Å². The van der Waals surface area contributed by atoms with Gasteiger partial charge in [0.25, 0.3) is 5.91 Å². The highest BCUT2D eigenvalue weighted by molar-refractivity contribution is 7.98. The number of morpholine rings is 1. The third kappa shape index (κ3) is 5.05. The van der Waals surface area contributed by atoms with E-state index in [-0.39, 0.29) is 10.8 Å². The standard InChI is InChI=1S/C23H29N7O4S2/c1-35-23-26-20(28-9-2-3-10-28)19-16-25-30(21(19)27-23)11-8-24-22(31)17-4-6-18(7-5-17)36(32,33)29-12-14-34-15-13-29/h4-7,16H,2-3,8-15H2,1H3,(H,24,31). The van der Waals surface area contributed by atoms with Crippen LogP contribution in [0.15, 0.2) is 40.5 Å². The van der Waals surface area contributed by atoms with Crippen molar-refractivity contribution in [1.82, 2.24) is 29.4 Å². The number of hydrogen-bond acceptors (Lipinski definition) is 9. The minimum atomic E-state index is -3.59. The molecule has 2 aliphatic rings. The van der Waals surface area contributed by atoms with Gasteiger partial charge in [0.2, 0.25) is 10.0 Å². The number of carbonyl (C=O) groups is 1. The smallest absolute Gasteiger partial charge is 0.251 e. The van der Waals surface area contributed by atoms with Crippen LogP contribution in [0.25, 0.3) is 11.0 Å². The Kier molecular flexibility index (Phi) is 7.42. The number of nitrogens with one attached hydrogen (secondary N) is 1. The van der Waals surface area contributed by atoms with E-state index in [1.54, 1.807) is 10.9 Å². The lowest BCUT2D eigenvalue weighted by atomic mass is 10.2. The highest BCUT2D eigenvalue weighted by Gasteiger charge is 2.26. The number of nitrogens with zero attached hydrogens (tertiary/aromatic N) is 6. The number of hydrogen-bond donors (Lipinski definition) is 1. The number of anilines is 1. The SMILES string of the molecule is CSc1nc(N2CCCC2)c2cnn(CCNC(=O)c3ccc(S(=O)(=O)N4CCOCC4)cc3)c2n1. The fraction of sp³-hybridized carbons (Fsp3) is 0.478. The number of amides is 1. The van der Waals surface area contributed by atoms with Crippen LogP contribution in [0.4, 0.5) is 5.82 Å². The van der Waals surface area contributed by atoms with Crippen molar-refractivity contribution in [3.63, 3.8) is 0 Å². The Morgan fingerprint density at radius 1 is 1.08 bits per heavy atom. The maximum Gasteiger partial charge on any atom is 0.251 e. The molecule has 1 amide bonds. The number of thioether (sulfide) groups is 1. The number of carbonyl (C=O) groups excluding carboxylic acids is 1. The van der Waals surface area contributed by atoms with E-state index in [9.17, 15) is 13.2 Å². The summed E-state index contributed by atoms with van der Waals surface area (Å²) in [6.45, 7) is 4.18. The van der Waals surface area contributed by atoms with Crippen molar-refractivity contribution in [3.05, 3.63) is 36.0 Å². The predicted octanol–water partition coefficient (Wildman–Crippen LogP) is 1.60. The Morgan fingerprint density at radius 3 is 2.50 bits per heavy atom. The van der Waals surface area contributed by atoms with E-state index in [2.05, 4.69) is 20.3 Å². The molecule has 13 heteroatoms. The van der Waals surface area contributed by atoms with Crippen molar-refractivity contribution in [3.8, 4) is 0 Å². The van der Waals surface area contributed by atoms with Gasteiger partial charge < -0.3 is 15.0 Å². The summed E-state index contributed by atoms with van der Waals surface area (Å²) in [4.78, 5) is 24.5. The minimum absolute atomic E-state index is 0.169. The van der Waals surface area contributed by atoms with E-state index in [4.69, 9.17) is 9.72 Å². The zero-order chi connectivity index (χ0) is 25.1. The summed E-state index contributed by atoms with van der Waals surface area (Å²) >= 11 is 1.49. The number of benzene rings is 1. The molecule has 0 unspecified atom stereocenters. The van der Waals surface area contributed by atoms with Gasteiger partial charge in [0, 0.05) is 38.3 Å². The van der Waals surface area contributed by atoms with Gasteiger partial charge in [-0.3, -0.25) is 4.79 Å². The molecule has 2 aliphatic heterocycles. The first-order chi connectivity index (χ1) is 17.5. The van der Waals surface area contributed by atoms with E-state index in [0.717, 1.165) is 42.8 Å². The second kappa shape index (κ2) is 10.7. The molecule has 0 saturated carbocycles. The molecular weight excluding hydrogens is 502 g/mol. The van der Waals surface area contributed by atoms with Gasteiger partial charge in [0.15, 0.2) is 10.8 Å². The lowest BCUT2D eigenvalue weighted by Gasteiger charge is -2.26. The Hall–Kier alpha value is -2.74. The molecule has 0 aliphatic carbocycles. The highest BCUT2D eigenvalue weighted by Crippen LogP contribution is 2.28. The molecule has 0 atom stereocenters. The molecule has 3 aromatic rings. The first-order valence-corrected chi connectivity index (χ1v) is 14.6. The van der Waals surface area contributed by atoms with Gasteiger partial charge >= 0.3 is 0 Å². The van der Waals surface area contributed by atoms with Gasteiger partial charge in [-0.05, 0) is 43.4 Å². The van der Waals surface area contributed by atoms with Gasteiger partial charge in [0.05, 0.1) is 36.2 Å². The van der Waals surface area contributed by atoms with Gasteiger partial charge in [-0.1, -0.05) is 11.8 Å². The molecule has 1 aromatic carbocycles. The highest BCUT2D eigenvalue weighted by atomic mass is 32.2. The maximum atomic E-state index is 12.8. The van der Waals surface area contributed by atoms with Crippen molar-refractivity contribution < 1.29 is 17.9 Å². The number of rotatable bonds is 8. The predicted molar refractivity (Wildman–Crippen MR) is 137 cm³/mol. The van der Waals surface area contributed by atoms with E-state index < -0.39 is 10.0 Å². The topological polar surface area (TPSA) is 123 Å². The molecule has 1 N–H and O–H groups in total. The lowest BCUT2D eigenvalue weighted by molar-refractivity contribution is 0.0730. The van der Waals surface area contributed by atoms with Crippen LogP contribution >= 0.6 is 11.8 Å². The summed E-state index contributed by atoms with van der Waals surface area (Å²) in [6, 6.07) is 6.02. The van der Waals surface area contributed by atoms with Crippen LogP contribution < -0.4 is 10.2 Å². The largest absolute Gasteiger partial charge is 0.379 e. The number of sulfonamides is 1. The van der Waals surface area contributed by atoms with Gasteiger partial charge in [0.1, 0.15) is 5.82 Å². The third-order valence-electron chi connectivity index (χ3n) is 6.38. The average Bonchev–Trinajstić information content (AvgIpc) is 3.59. The van der Waals surface area contributed by atoms with Crippen LogP contribution in [-0.4, -0.2) is 90.6 Å². The Labute approximate surface area is 214 Å². The van der Waals surface area contributed by atoms with E-state index >= 15 is 0 Å². The molecule has 0 bridgehead atoms. The van der Waals surface area contributed by atoms with Gasteiger partial charge in [-0.2, -0.15) is 9.40 Å². The molecule has 0 radical (unpaired) electrons. The molecule has 0 spiro atoms. The average molecular weight is 532 g/mol. The molecule has 4 heterocycles. The molecule has 2 aromatic heterocycles. The number of fused-ring (bicyclic) bond motifs is 1. The monoisotopic (exact) mass is 531 g/mol. The van der Waals surface area contributed by atoms with Crippen LogP contribution in [0, 0.1) is 0 Å². The van der Waals surface area contributed by atoms with Crippen molar-refractivity contribution in [1.29, 1.82) is 0 Å². The van der Waals surface area contributed by atoms with E-state index in [0.29, 0.717) is 50.1 Å². The van der Waals surface area contributed by atoms with Crippen molar-refractivity contribution >= 4 is 44.5 Å². The minimum Gasteiger partial charge on any atom is -0.379 e. The summed E-state index contributed by atoms with van der Waals surface area (Å²) in [5, 5.41) is 9.00. The summed E-state index contributed by atoms with van der Waals surface area (Å²) in [7, 11) is -3.59. The quantitative estimate of drug-likeness (QED) is 0.341. The zero-order valence-corrected chi connectivity index (χ0v) is 21.7. The first kappa shape index (κ1) is 24.9. The fourth-order valence-electron chi connectivity index (χ4n) is 4.44. The Morgan fingerprint density at radius 2 is 1.81 bits per heavy atom. The molecule has 5 rings (SSSR count). The fourth-order valence-corrected chi connectivity index (χ4v) is 6.20. The molecular formula is C23H29N7O4S2. The second-order valence-electron chi connectivity index (χ2n) is 8.63. The first-order valence-electron chi connectivity index (χ1n) is 12.0. The number of aromatic nitrogens is 4. The molecule has 2 saturated heterocycles. The van der Waals surface area contributed by atoms with Gasteiger partial charge in [-0.25, -0.2) is 23.1 Å². The van der Waals surface area contributed by atoms with Crippen molar-refractivity contribution in [2.24, 2.45) is 0 Å². The third-order valence-corrected chi connectivity index (χ3v) is 8.84. The Balaban J connectivity index is 1.24. The maximum absolute atomic E-state index is 12.8. The van der Waals surface area contributed by atoms with Crippen LogP contribution in [-0.2, 0) is 21.3 Å². The van der Waals surface area contributed by atoms with Crippen LogP contribution in [0.5, 0.6) is 0 Å².